The average molecular weight is 198 g/mol. The Hall–Kier alpha value is -1.16. The van der Waals surface area contributed by atoms with Gasteiger partial charge < -0.3 is 9.47 Å². The smallest absolute Gasteiger partial charge is 0.153 e. The van der Waals surface area contributed by atoms with Gasteiger partial charge in [0, 0.05) is 0 Å². The molecular weight excluding hydrogens is 188 g/mol. The van der Waals surface area contributed by atoms with Gasteiger partial charge in [-0.1, -0.05) is 0 Å². The molecule has 0 fully saturated rings. The number of hydrogen-bond donors (Lipinski definition) is 1. The minimum atomic E-state index is 0.437. The molecule has 0 saturated heterocycles. The molecule has 0 radical (unpaired) electrons. The van der Waals surface area contributed by atoms with Gasteiger partial charge in [-0.15, -0.1) is 12.6 Å². The Bertz CT molecular complexity index is 323. The van der Waals surface area contributed by atoms with Crippen molar-refractivity contribution in [2.75, 3.05) is 14.2 Å². The summed E-state index contributed by atoms with van der Waals surface area (Å²) in [6.45, 7) is 0. The van der Waals surface area contributed by atoms with E-state index in [1.165, 1.54) is 14.2 Å². The molecule has 1 aromatic carbocycles. The maximum absolute atomic E-state index is 10.6. The van der Waals surface area contributed by atoms with Crippen molar-refractivity contribution >= 4 is 18.9 Å². The van der Waals surface area contributed by atoms with E-state index in [-0.39, 0.29) is 0 Å². The second-order valence-corrected chi connectivity index (χ2v) is 2.87. The first-order valence-electron chi connectivity index (χ1n) is 3.63. The third-order valence-corrected chi connectivity index (χ3v) is 1.97. The van der Waals surface area contributed by atoms with Crippen LogP contribution in [0.4, 0.5) is 0 Å². The van der Waals surface area contributed by atoms with Crippen LogP contribution in [0.3, 0.4) is 0 Å². The van der Waals surface area contributed by atoms with Crippen LogP contribution in [0.25, 0.3) is 0 Å². The van der Waals surface area contributed by atoms with Crippen LogP contribution in [0, 0.1) is 0 Å². The van der Waals surface area contributed by atoms with Gasteiger partial charge in [-0.2, -0.15) is 0 Å². The van der Waals surface area contributed by atoms with Crippen molar-refractivity contribution in [2.45, 2.75) is 4.90 Å². The molecule has 0 aliphatic carbocycles. The summed E-state index contributed by atoms with van der Waals surface area (Å²) in [5.41, 5.74) is 0.437. The molecule has 0 heterocycles. The molecule has 0 aliphatic heterocycles. The molecule has 70 valence electrons. The lowest BCUT2D eigenvalue weighted by Gasteiger charge is -2.08. The molecule has 1 aromatic rings. The maximum Gasteiger partial charge on any atom is 0.153 e. The molecule has 3 nitrogen and oxygen atoms in total. The minimum Gasteiger partial charge on any atom is -0.497 e. The lowest BCUT2D eigenvalue weighted by Crippen LogP contribution is -1.93. The van der Waals surface area contributed by atoms with Gasteiger partial charge in [-0.05, 0) is 12.1 Å². The number of thiol groups is 1. The number of aldehydes is 1. The van der Waals surface area contributed by atoms with Gasteiger partial charge in [0.05, 0.1) is 24.7 Å². The van der Waals surface area contributed by atoms with Crippen molar-refractivity contribution in [3.63, 3.8) is 0 Å². The lowest BCUT2D eigenvalue weighted by molar-refractivity contribution is 0.112. The van der Waals surface area contributed by atoms with Gasteiger partial charge >= 0.3 is 0 Å². The second-order valence-electron chi connectivity index (χ2n) is 2.39. The molecule has 0 aromatic heterocycles. The third kappa shape index (κ3) is 1.95. The predicted octanol–water partition coefficient (Wildman–Crippen LogP) is 1.80. The zero-order valence-corrected chi connectivity index (χ0v) is 8.30. The molecule has 0 amide bonds. The van der Waals surface area contributed by atoms with E-state index in [2.05, 4.69) is 12.6 Å². The van der Waals surface area contributed by atoms with Crippen LogP contribution < -0.4 is 9.47 Å². The Morgan fingerprint density at radius 2 is 2.00 bits per heavy atom. The van der Waals surface area contributed by atoms with Gasteiger partial charge in [-0.3, -0.25) is 4.79 Å². The Balaban J connectivity index is 3.28. The second kappa shape index (κ2) is 4.18. The highest BCUT2D eigenvalue weighted by Gasteiger charge is 2.08. The number of ether oxygens (including phenoxy) is 2. The monoisotopic (exact) mass is 198 g/mol. The normalized spacial score (nSPS) is 9.46. The highest BCUT2D eigenvalue weighted by Crippen LogP contribution is 2.30. The SMILES string of the molecule is COc1cc(S)c(OC)c(C=O)c1. The topological polar surface area (TPSA) is 35.5 Å². The summed E-state index contributed by atoms with van der Waals surface area (Å²) < 4.78 is 9.98. The Labute approximate surface area is 82.1 Å². The van der Waals surface area contributed by atoms with E-state index in [0.717, 1.165) is 0 Å². The van der Waals surface area contributed by atoms with E-state index in [1.807, 2.05) is 0 Å². The number of methoxy groups -OCH3 is 2. The number of hydrogen-bond acceptors (Lipinski definition) is 4. The predicted molar refractivity (Wildman–Crippen MR) is 52.2 cm³/mol. The van der Waals surface area contributed by atoms with E-state index in [1.54, 1.807) is 12.1 Å². The summed E-state index contributed by atoms with van der Waals surface area (Å²) >= 11 is 4.16. The zero-order valence-electron chi connectivity index (χ0n) is 7.40. The Morgan fingerprint density at radius 3 is 2.46 bits per heavy atom. The Morgan fingerprint density at radius 1 is 1.31 bits per heavy atom. The fourth-order valence-corrected chi connectivity index (χ4v) is 1.38. The van der Waals surface area contributed by atoms with Crippen molar-refractivity contribution in [2.24, 2.45) is 0 Å². The molecule has 0 spiro atoms. The number of carbonyl (C=O) groups is 1. The molecular formula is C9H10O3S. The average Bonchev–Trinajstić information content (AvgIpc) is 2.16. The molecule has 0 saturated carbocycles. The van der Waals surface area contributed by atoms with Crippen molar-refractivity contribution < 1.29 is 14.3 Å². The Kier molecular flexibility index (Phi) is 3.19. The van der Waals surface area contributed by atoms with E-state index in [4.69, 9.17) is 9.47 Å². The molecule has 0 bridgehead atoms. The number of carbonyl (C=O) groups excluding carboxylic acids is 1. The quantitative estimate of drug-likeness (QED) is 0.594. The van der Waals surface area contributed by atoms with Gasteiger partial charge in [0.25, 0.3) is 0 Å². The number of benzene rings is 1. The van der Waals surface area contributed by atoms with Crippen LogP contribution in [0.15, 0.2) is 17.0 Å². The van der Waals surface area contributed by atoms with Gasteiger partial charge in [0.15, 0.2) is 6.29 Å². The number of rotatable bonds is 3. The summed E-state index contributed by atoms with van der Waals surface area (Å²) in [4.78, 5) is 11.2. The van der Waals surface area contributed by atoms with Gasteiger partial charge in [0.1, 0.15) is 11.5 Å². The lowest BCUT2D eigenvalue weighted by atomic mass is 10.2. The van der Waals surface area contributed by atoms with Crippen molar-refractivity contribution in [1.29, 1.82) is 0 Å². The largest absolute Gasteiger partial charge is 0.497 e. The van der Waals surface area contributed by atoms with Crippen LogP contribution in [-0.4, -0.2) is 20.5 Å². The minimum absolute atomic E-state index is 0.437. The van der Waals surface area contributed by atoms with Crippen LogP contribution in [-0.2, 0) is 0 Å². The first-order valence-corrected chi connectivity index (χ1v) is 4.07. The summed E-state index contributed by atoms with van der Waals surface area (Å²) in [5, 5.41) is 0. The summed E-state index contributed by atoms with van der Waals surface area (Å²) in [5.74, 6) is 1.06. The van der Waals surface area contributed by atoms with Crippen LogP contribution >= 0.6 is 12.6 Å². The van der Waals surface area contributed by atoms with Crippen LogP contribution in [0.1, 0.15) is 10.4 Å². The molecule has 0 atom stereocenters. The summed E-state index contributed by atoms with van der Waals surface area (Å²) in [6.07, 6.45) is 0.709. The fraction of sp³-hybridized carbons (Fsp3) is 0.222. The first kappa shape index (κ1) is 9.92. The van der Waals surface area contributed by atoms with E-state index in [0.29, 0.717) is 28.2 Å². The third-order valence-electron chi connectivity index (χ3n) is 1.64. The molecule has 0 unspecified atom stereocenters. The standard InChI is InChI=1S/C9H10O3S/c1-11-7-3-6(5-10)9(12-2)8(13)4-7/h3-5,13H,1-2H3. The van der Waals surface area contributed by atoms with Crippen molar-refractivity contribution in [3.8, 4) is 11.5 Å². The van der Waals surface area contributed by atoms with Gasteiger partial charge in [-0.25, -0.2) is 0 Å². The summed E-state index contributed by atoms with van der Waals surface area (Å²) in [7, 11) is 3.03. The van der Waals surface area contributed by atoms with E-state index < -0.39 is 0 Å². The molecule has 0 aliphatic rings. The zero-order chi connectivity index (χ0) is 9.84. The summed E-state index contributed by atoms with van der Waals surface area (Å²) in [6, 6.07) is 3.29. The van der Waals surface area contributed by atoms with Crippen molar-refractivity contribution in [3.05, 3.63) is 17.7 Å². The highest BCUT2D eigenvalue weighted by atomic mass is 32.1. The first-order chi connectivity index (χ1) is 6.22. The highest BCUT2D eigenvalue weighted by molar-refractivity contribution is 7.80. The van der Waals surface area contributed by atoms with E-state index in [9.17, 15) is 4.79 Å². The van der Waals surface area contributed by atoms with Crippen molar-refractivity contribution in [1.82, 2.24) is 0 Å². The molecule has 13 heavy (non-hydrogen) atoms. The van der Waals surface area contributed by atoms with E-state index >= 15 is 0 Å². The van der Waals surface area contributed by atoms with Crippen LogP contribution in [0.5, 0.6) is 11.5 Å². The molecule has 0 N–H and O–H groups in total. The molecule has 4 heteroatoms. The van der Waals surface area contributed by atoms with Gasteiger partial charge in [0.2, 0.25) is 0 Å². The molecule has 1 rings (SSSR count). The fourth-order valence-electron chi connectivity index (χ4n) is 1.04. The van der Waals surface area contributed by atoms with Crippen LogP contribution in [0.2, 0.25) is 0 Å². The maximum atomic E-state index is 10.6.